The Morgan fingerprint density at radius 2 is 2.27 bits per heavy atom. The van der Waals surface area contributed by atoms with Gasteiger partial charge < -0.3 is 15.0 Å². The predicted octanol–water partition coefficient (Wildman–Crippen LogP) is 3.90. The number of likely N-dealkylation sites (tertiary alicyclic amines) is 1. The van der Waals surface area contributed by atoms with Crippen LogP contribution in [0.5, 0.6) is 0 Å². The molecule has 2 rings (SSSR count). The van der Waals surface area contributed by atoms with Gasteiger partial charge in [-0.15, -0.1) is 22.5 Å². The van der Waals surface area contributed by atoms with Crippen molar-refractivity contribution in [2.45, 2.75) is 64.5 Å². The number of amides is 1. The Morgan fingerprint density at radius 1 is 1.50 bits per heavy atom. The lowest BCUT2D eigenvalue weighted by Crippen LogP contribution is -2.47. The van der Waals surface area contributed by atoms with Gasteiger partial charge in [-0.05, 0) is 58.1 Å². The van der Waals surface area contributed by atoms with Crippen molar-refractivity contribution in [3.8, 4) is 12.3 Å². The fourth-order valence-electron chi connectivity index (χ4n) is 2.84. The first-order valence-electron chi connectivity index (χ1n) is 8.98. The summed E-state index contributed by atoms with van der Waals surface area (Å²) >= 11 is 6.12. The van der Waals surface area contributed by atoms with Crippen molar-refractivity contribution in [1.29, 1.82) is 0 Å². The van der Waals surface area contributed by atoms with E-state index in [1.165, 1.54) is 0 Å². The number of halogens is 1. The van der Waals surface area contributed by atoms with Crippen LogP contribution >= 0.6 is 11.6 Å². The molecule has 0 aromatic carbocycles. The number of unbranched alkanes of at least 4 members (excludes halogenated alkanes) is 1. The van der Waals surface area contributed by atoms with Crippen LogP contribution in [0.3, 0.4) is 0 Å². The number of ether oxygens (including phenoxy) is 1. The van der Waals surface area contributed by atoms with Crippen LogP contribution < -0.4 is 5.32 Å². The molecule has 26 heavy (non-hydrogen) atoms. The smallest absolute Gasteiger partial charge is 0.410 e. The zero-order valence-electron chi connectivity index (χ0n) is 15.7. The number of aryl methyl sites for hydroxylation is 1. The molecule has 1 aliphatic heterocycles. The first-order valence-corrected chi connectivity index (χ1v) is 9.36. The molecule has 0 saturated carbocycles. The van der Waals surface area contributed by atoms with E-state index in [0.717, 1.165) is 31.2 Å². The SMILES string of the molecule is C#CCCCc1cc(N[C@@H]2CCCN(C(=O)OC(C)(C)C)C2)nnc1Cl. The third kappa shape index (κ3) is 6.38. The number of rotatable bonds is 5. The lowest BCUT2D eigenvalue weighted by molar-refractivity contribution is 0.0206. The number of piperidine rings is 1. The number of hydrogen-bond donors (Lipinski definition) is 1. The molecule has 1 aromatic heterocycles. The van der Waals surface area contributed by atoms with Gasteiger partial charge in [-0.3, -0.25) is 0 Å². The highest BCUT2D eigenvalue weighted by Gasteiger charge is 2.27. The van der Waals surface area contributed by atoms with Crippen LogP contribution in [0.25, 0.3) is 0 Å². The molecule has 0 spiro atoms. The van der Waals surface area contributed by atoms with E-state index in [4.69, 9.17) is 22.8 Å². The van der Waals surface area contributed by atoms with E-state index in [1.54, 1.807) is 4.90 Å². The fraction of sp³-hybridized carbons (Fsp3) is 0.632. The quantitative estimate of drug-likeness (QED) is 0.621. The third-order valence-electron chi connectivity index (χ3n) is 4.01. The van der Waals surface area contributed by atoms with Crippen LogP contribution in [-0.2, 0) is 11.2 Å². The van der Waals surface area contributed by atoms with E-state index in [-0.39, 0.29) is 12.1 Å². The average Bonchev–Trinajstić information content (AvgIpc) is 2.56. The summed E-state index contributed by atoms with van der Waals surface area (Å²) in [4.78, 5) is 14.0. The number of terminal acetylenes is 1. The van der Waals surface area contributed by atoms with Crippen LogP contribution in [0.15, 0.2) is 6.07 Å². The minimum absolute atomic E-state index is 0.102. The molecule has 2 heterocycles. The largest absolute Gasteiger partial charge is 0.444 e. The maximum atomic E-state index is 12.3. The molecule has 7 heteroatoms. The van der Waals surface area contributed by atoms with Gasteiger partial charge in [-0.2, -0.15) is 0 Å². The molecule has 1 aromatic rings. The minimum Gasteiger partial charge on any atom is -0.444 e. The molecule has 6 nitrogen and oxygen atoms in total. The minimum atomic E-state index is -0.494. The number of nitrogens with one attached hydrogen (secondary N) is 1. The number of hydrogen-bond acceptors (Lipinski definition) is 5. The van der Waals surface area contributed by atoms with Crippen LogP contribution in [-0.4, -0.2) is 45.9 Å². The topological polar surface area (TPSA) is 67.4 Å². The van der Waals surface area contributed by atoms with Gasteiger partial charge in [0.1, 0.15) is 11.4 Å². The summed E-state index contributed by atoms with van der Waals surface area (Å²) in [7, 11) is 0. The van der Waals surface area contributed by atoms with Crippen molar-refractivity contribution >= 4 is 23.5 Å². The number of nitrogens with zero attached hydrogens (tertiary/aromatic N) is 3. The molecule has 1 amide bonds. The molecule has 1 aliphatic rings. The molecule has 142 valence electrons. The summed E-state index contributed by atoms with van der Waals surface area (Å²) in [6.07, 6.45) is 9.21. The Morgan fingerprint density at radius 3 is 2.96 bits per heavy atom. The van der Waals surface area contributed by atoms with Gasteiger partial charge in [0.15, 0.2) is 5.15 Å². The van der Waals surface area contributed by atoms with Crippen LogP contribution in [0.2, 0.25) is 5.15 Å². The van der Waals surface area contributed by atoms with Gasteiger partial charge in [0.05, 0.1) is 0 Å². The number of aromatic nitrogens is 2. The molecular formula is C19H27ClN4O2. The molecular weight excluding hydrogens is 352 g/mol. The second-order valence-electron chi connectivity index (χ2n) is 7.51. The van der Waals surface area contributed by atoms with Crippen molar-refractivity contribution in [2.75, 3.05) is 18.4 Å². The van der Waals surface area contributed by atoms with Crippen molar-refractivity contribution < 1.29 is 9.53 Å². The molecule has 1 N–H and O–H groups in total. The fourth-order valence-corrected chi connectivity index (χ4v) is 3.03. The second-order valence-corrected chi connectivity index (χ2v) is 7.87. The summed E-state index contributed by atoms with van der Waals surface area (Å²) in [6, 6.07) is 2.02. The highest BCUT2D eigenvalue weighted by atomic mass is 35.5. The van der Waals surface area contributed by atoms with E-state index in [2.05, 4.69) is 21.4 Å². The molecule has 0 unspecified atom stereocenters. The Bertz CT molecular complexity index is 666. The zero-order valence-corrected chi connectivity index (χ0v) is 16.5. The third-order valence-corrected chi connectivity index (χ3v) is 4.33. The van der Waals surface area contributed by atoms with Crippen LogP contribution in [0.4, 0.5) is 10.6 Å². The Hall–Kier alpha value is -2.00. The van der Waals surface area contributed by atoms with Crippen molar-refractivity contribution in [1.82, 2.24) is 15.1 Å². The summed E-state index contributed by atoms with van der Waals surface area (Å²) in [5, 5.41) is 11.9. The van der Waals surface area contributed by atoms with E-state index in [9.17, 15) is 4.79 Å². The van der Waals surface area contributed by atoms with Gasteiger partial charge in [0, 0.05) is 25.6 Å². The monoisotopic (exact) mass is 378 g/mol. The molecule has 1 fully saturated rings. The highest BCUT2D eigenvalue weighted by Crippen LogP contribution is 2.21. The maximum Gasteiger partial charge on any atom is 0.410 e. The number of anilines is 1. The lowest BCUT2D eigenvalue weighted by atomic mass is 10.1. The summed E-state index contributed by atoms with van der Waals surface area (Å²) in [5.74, 6) is 3.29. The van der Waals surface area contributed by atoms with E-state index in [0.29, 0.717) is 30.5 Å². The summed E-state index contributed by atoms with van der Waals surface area (Å²) < 4.78 is 5.46. The Balaban J connectivity index is 1.96. The number of carbonyl (C=O) groups excluding carboxylic acids is 1. The van der Waals surface area contributed by atoms with Crippen molar-refractivity contribution in [3.05, 3.63) is 16.8 Å². The summed E-state index contributed by atoms with van der Waals surface area (Å²) in [5.41, 5.74) is 0.436. The first-order chi connectivity index (χ1) is 12.3. The van der Waals surface area contributed by atoms with Gasteiger partial charge in [-0.1, -0.05) is 11.6 Å². The van der Waals surface area contributed by atoms with Crippen LogP contribution in [0, 0.1) is 12.3 Å². The zero-order chi connectivity index (χ0) is 19.2. The van der Waals surface area contributed by atoms with Crippen molar-refractivity contribution in [3.63, 3.8) is 0 Å². The normalized spacial score (nSPS) is 17.5. The van der Waals surface area contributed by atoms with E-state index >= 15 is 0 Å². The lowest BCUT2D eigenvalue weighted by Gasteiger charge is -2.34. The highest BCUT2D eigenvalue weighted by molar-refractivity contribution is 6.30. The van der Waals surface area contributed by atoms with Crippen molar-refractivity contribution in [2.24, 2.45) is 0 Å². The van der Waals surface area contributed by atoms with E-state index in [1.807, 2.05) is 26.8 Å². The average molecular weight is 379 g/mol. The van der Waals surface area contributed by atoms with Gasteiger partial charge >= 0.3 is 6.09 Å². The van der Waals surface area contributed by atoms with E-state index < -0.39 is 5.60 Å². The Labute approximate surface area is 160 Å². The second kappa shape index (κ2) is 9.09. The molecule has 0 bridgehead atoms. The molecule has 1 saturated heterocycles. The maximum absolute atomic E-state index is 12.3. The van der Waals surface area contributed by atoms with Gasteiger partial charge in [0.25, 0.3) is 0 Å². The molecule has 0 aliphatic carbocycles. The predicted molar refractivity (Wildman–Crippen MR) is 103 cm³/mol. The Kier molecular flexibility index (Phi) is 7.10. The number of carbonyl (C=O) groups is 1. The van der Waals surface area contributed by atoms with Gasteiger partial charge in [0.2, 0.25) is 0 Å². The summed E-state index contributed by atoms with van der Waals surface area (Å²) in [6.45, 7) is 6.89. The van der Waals surface area contributed by atoms with Gasteiger partial charge in [-0.25, -0.2) is 4.79 Å². The molecule has 1 atom stereocenters. The standard InChI is InChI=1S/C19H27ClN4O2/c1-5-6-7-9-14-12-16(22-23-17(14)20)21-15-10-8-11-24(13-15)18(25)26-19(2,3)4/h1,12,15H,6-11,13H2,2-4H3,(H,21,22)/t15-/m1/s1. The first kappa shape index (κ1) is 20.3. The van der Waals surface area contributed by atoms with Crippen LogP contribution in [0.1, 0.15) is 52.0 Å². The molecule has 0 radical (unpaired) electrons.